The zero-order chi connectivity index (χ0) is 19.8. The van der Waals surface area contributed by atoms with Crippen LogP contribution in [0.5, 0.6) is 0 Å². The number of morpholine rings is 1. The molecule has 1 amide bonds. The summed E-state index contributed by atoms with van der Waals surface area (Å²) in [4.78, 5) is 24.7. The molecule has 3 saturated heterocycles. The molecule has 0 bridgehead atoms. The van der Waals surface area contributed by atoms with Gasteiger partial charge >= 0.3 is 0 Å². The molecular formula is C21H40IN5O2. The molecule has 8 heteroatoms. The van der Waals surface area contributed by atoms with Gasteiger partial charge in [-0.15, -0.1) is 24.0 Å². The third-order valence-corrected chi connectivity index (χ3v) is 6.41. The van der Waals surface area contributed by atoms with Crippen LogP contribution >= 0.6 is 24.0 Å². The summed E-state index contributed by atoms with van der Waals surface area (Å²) < 4.78 is 5.38. The van der Waals surface area contributed by atoms with Gasteiger partial charge in [-0.3, -0.25) is 14.7 Å². The second-order valence-electron chi connectivity index (χ2n) is 8.17. The van der Waals surface area contributed by atoms with Gasteiger partial charge < -0.3 is 19.9 Å². The van der Waals surface area contributed by atoms with Crippen molar-refractivity contribution in [2.45, 2.75) is 52.0 Å². The molecule has 0 spiro atoms. The summed E-state index contributed by atoms with van der Waals surface area (Å²) in [5.41, 5.74) is 0. The molecule has 3 fully saturated rings. The van der Waals surface area contributed by atoms with Crippen molar-refractivity contribution in [3.05, 3.63) is 0 Å². The third kappa shape index (κ3) is 6.95. The lowest BCUT2D eigenvalue weighted by Gasteiger charge is -2.37. The van der Waals surface area contributed by atoms with Crippen LogP contribution in [0.2, 0.25) is 0 Å². The van der Waals surface area contributed by atoms with Gasteiger partial charge in [-0.1, -0.05) is 13.3 Å². The zero-order valence-electron chi connectivity index (χ0n) is 18.3. The van der Waals surface area contributed by atoms with Crippen molar-refractivity contribution in [1.29, 1.82) is 0 Å². The van der Waals surface area contributed by atoms with Crippen molar-refractivity contribution in [2.75, 3.05) is 65.6 Å². The average Bonchev–Trinajstić information content (AvgIpc) is 2.77. The lowest BCUT2D eigenvalue weighted by molar-refractivity contribution is -0.140. The van der Waals surface area contributed by atoms with Gasteiger partial charge in [0.15, 0.2) is 5.96 Å². The highest BCUT2D eigenvalue weighted by molar-refractivity contribution is 14.0. The van der Waals surface area contributed by atoms with Crippen molar-refractivity contribution >= 4 is 35.8 Å². The van der Waals surface area contributed by atoms with Gasteiger partial charge in [0.2, 0.25) is 5.91 Å². The van der Waals surface area contributed by atoms with Crippen molar-refractivity contribution in [2.24, 2.45) is 10.9 Å². The summed E-state index contributed by atoms with van der Waals surface area (Å²) in [6, 6.07) is 0.577. The Morgan fingerprint density at radius 1 is 1.00 bits per heavy atom. The summed E-state index contributed by atoms with van der Waals surface area (Å²) in [5.74, 6) is 1.51. The highest BCUT2D eigenvalue weighted by Crippen LogP contribution is 2.21. The second kappa shape index (κ2) is 12.9. The van der Waals surface area contributed by atoms with Gasteiger partial charge in [0.1, 0.15) is 0 Å². The molecule has 168 valence electrons. The first-order chi connectivity index (χ1) is 13.7. The number of hydrogen-bond donors (Lipinski definition) is 1. The van der Waals surface area contributed by atoms with Crippen LogP contribution in [0.4, 0.5) is 0 Å². The van der Waals surface area contributed by atoms with E-state index in [1.54, 1.807) is 0 Å². The largest absolute Gasteiger partial charge is 0.378 e. The van der Waals surface area contributed by atoms with Crippen molar-refractivity contribution in [3.63, 3.8) is 0 Å². The van der Waals surface area contributed by atoms with E-state index in [4.69, 9.17) is 9.73 Å². The summed E-state index contributed by atoms with van der Waals surface area (Å²) >= 11 is 0. The summed E-state index contributed by atoms with van der Waals surface area (Å²) in [6.45, 7) is 13.1. The third-order valence-electron chi connectivity index (χ3n) is 6.41. The quantitative estimate of drug-likeness (QED) is 0.341. The number of guanidine groups is 1. The highest BCUT2D eigenvalue weighted by Gasteiger charge is 2.30. The van der Waals surface area contributed by atoms with Crippen LogP contribution < -0.4 is 5.32 Å². The number of aliphatic imine (C=N–C) groups is 1. The topological polar surface area (TPSA) is 60.4 Å². The number of piperidine rings is 2. The Morgan fingerprint density at radius 2 is 1.72 bits per heavy atom. The number of nitrogens with one attached hydrogen (secondary N) is 1. The minimum absolute atomic E-state index is 0. The predicted octanol–water partition coefficient (Wildman–Crippen LogP) is 2.02. The number of carbonyl (C=O) groups is 1. The van der Waals surface area contributed by atoms with Crippen molar-refractivity contribution in [3.8, 4) is 0 Å². The van der Waals surface area contributed by atoms with Crippen LogP contribution in [0.3, 0.4) is 0 Å². The van der Waals surface area contributed by atoms with Gasteiger partial charge in [0.25, 0.3) is 0 Å². The van der Waals surface area contributed by atoms with Crippen molar-refractivity contribution in [1.82, 2.24) is 20.0 Å². The van der Waals surface area contributed by atoms with E-state index in [9.17, 15) is 4.79 Å². The molecule has 1 unspecified atom stereocenters. The summed E-state index contributed by atoms with van der Waals surface area (Å²) in [6.07, 6.45) is 5.74. The molecule has 0 aliphatic carbocycles. The number of halogens is 1. The molecule has 0 aromatic rings. The molecule has 0 aromatic heterocycles. The molecule has 3 aliphatic rings. The van der Waals surface area contributed by atoms with Gasteiger partial charge in [0, 0.05) is 44.7 Å². The Kier molecular flexibility index (Phi) is 11.0. The van der Waals surface area contributed by atoms with Crippen LogP contribution in [0.1, 0.15) is 46.0 Å². The number of likely N-dealkylation sites (tertiary alicyclic amines) is 2. The van der Waals surface area contributed by atoms with E-state index < -0.39 is 0 Å². The zero-order valence-corrected chi connectivity index (χ0v) is 20.6. The van der Waals surface area contributed by atoms with E-state index in [0.717, 1.165) is 64.6 Å². The lowest BCUT2D eigenvalue weighted by atomic mass is 9.95. The minimum atomic E-state index is 0. The number of carbonyl (C=O) groups excluding carboxylic acids is 1. The van der Waals surface area contributed by atoms with Gasteiger partial charge in [-0.05, 0) is 45.7 Å². The lowest BCUT2D eigenvalue weighted by Crippen LogP contribution is -2.50. The van der Waals surface area contributed by atoms with Crippen molar-refractivity contribution < 1.29 is 9.53 Å². The molecule has 0 saturated carbocycles. The Morgan fingerprint density at radius 3 is 2.38 bits per heavy atom. The first-order valence-corrected chi connectivity index (χ1v) is 11.4. The fourth-order valence-corrected chi connectivity index (χ4v) is 4.68. The first kappa shape index (κ1) is 24.7. The molecular weight excluding hydrogens is 481 g/mol. The maximum absolute atomic E-state index is 12.8. The van der Waals surface area contributed by atoms with Crippen LogP contribution in [-0.4, -0.2) is 98.2 Å². The van der Waals surface area contributed by atoms with Crippen LogP contribution in [-0.2, 0) is 9.53 Å². The Balaban J connectivity index is 0.00000300. The van der Waals surface area contributed by atoms with E-state index in [1.807, 2.05) is 4.90 Å². The molecule has 3 rings (SSSR count). The number of hydrogen-bond acceptors (Lipinski definition) is 4. The van der Waals surface area contributed by atoms with E-state index in [2.05, 4.69) is 29.0 Å². The first-order valence-electron chi connectivity index (χ1n) is 11.4. The smallest absolute Gasteiger partial charge is 0.225 e. The van der Waals surface area contributed by atoms with E-state index in [0.29, 0.717) is 25.2 Å². The van der Waals surface area contributed by atoms with Crippen LogP contribution in [0.15, 0.2) is 4.99 Å². The SMILES string of the molecule is CCNC(=NCC1CCCCN1CC)N1CCC(C(=O)N2CCOCC2)CC1.I. The Hall–Kier alpha value is -0.610. The second-order valence-corrected chi connectivity index (χ2v) is 8.17. The molecule has 0 radical (unpaired) electrons. The Labute approximate surface area is 193 Å². The van der Waals surface area contributed by atoms with Crippen LogP contribution in [0.25, 0.3) is 0 Å². The van der Waals surface area contributed by atoms with Gasteiger partial charge in [-0.2, -0.15) is 0 Å². The number of likely N-dealkylation sites (N-methyl/N-ethyl adjacent to an activating group) is 1. The molecule has 1 atom stereocenters. The molecule has 7 nitrogen and oxygen atoms in total. The molecule has 1 N–H and O–H groups in total. The normalized spacial score (nSPS) is 24.9. The molecule has 3 aliphatic heterocycles. The average molecular weight is 521 g/mol. The van der Waals surface area contributed by atoms with Gasteiger partial charge in [-0.25, -0.2) is 0 Å². The fraction of sp³-hybridized carbons (Fsp3) is 0.905. The van der Waals surface area contributed by atoms with E-state index in [-0.39, 0.29) is 29.9 Å². The number of ether oxygens (including phenoxy) is 1. The molecule has 3 heterocycles. The van der Waals surface area contributed by atoms with Crippen LogP contribution in [0, 0.1) is 5.92 Å². The van der Waals surface area contributed by atoms with Gasteiger partial charge in [0.05, 0.1) is 19.8 Å². The number of rotatable bonds is 5. The number of amides is 1. The predicted molar refractivity (Wildman–Crippen MR) is 128 cm³/mol. The highest BCUT2D eigenvalue weighted by atomic mass is 127. The standard InChI is InChI=1S/C21H39N5O2.HI/c1-3-22-21(23-17-19-7-5-6-10-24(19)4-2)26-11-8-18(9-12-26)20(27)25-13-15-28-16-14-25;/h18-19H,3-17H2,1-2H3,(H,22,23);1H. The molecule has 29 heavy (non-hydrogen) atoms. The fourth-order valence-electron chi connectivity index (χ4n) is 4.68. The molecule has 0 aromatic carbocycles. The van der Waals surface area contributed by atoms with E-state index >= 15 is 0 Å². The maximum Gasteiger partial charge on any atom is 0.225 e. The summed E-state index contributed by atoms with van der Waals surface area (Å²) in [7, 11) is 0. The minimum Gasteiger partial charge on any atom is -0.378 e. The Bertz CT molecular complexity index is 519. The monoisotopic (exact) mass is 521 g/mol. The number of nitrogens with zero attached hydrogens (tertiary/aromatic N) is 4. The summed E-state index contributed by atoms with van der Waals surface area (Å²) in [5, 5.41) is 3.48. The van der Waals surface area contributed by atoms with E-state index in [1.165, 1.54) is 25.8 Å². The maximum atomic E-state index is 12.8.